The maximum Gasteiger partial charge on any atom is 0.227 e. The molecule has 142 valence electrons. The van der Waals surface area contributed by atoms with Crippen LogP contribution >= 0.6 is 0 Å². The molecule has 0 amide bonds. The van der Waals surface area contributed by atoms with Crippen LogP contribution in [0.15, 0.2) is 24.3 Å². The highest BCUT2D eigenvalue weighted by atomic mass is 16.3. The molecule has 0 aliphatic rings. The van der Waals surface area contributed by atoms with Crippen LogP contribution in [0, 0.1) is 5.92 Å². The maximum atomic E-state index is 11.6. The van der Waals surface area contributed by atoms with Gasteiger partial charge in [0.05, 0.1) is 12.6 Å². The number of carbonyl (C=O) groups excluding carboxylic acids is 1. The predicted octanol–water partition coefficient (Wildman–Crippen LogP) is 1.99. The van der Waals surface area contributed by atoms with E-state index in [9.17, 15) is 9.90 Å². The molecule has 3 aromatic rings. The van der Waals surface area contributed by atoms with Crippen molar-refractivity contribution in [1.82, 2.24) is 25.4 Å². The van der Waals surface area contributed by atoms with Gasteiger partial charge in [0.25, 0.3) is 0 Å². The molecule has 0 saturated heterocycles. The topological polar surface area (TPSA) is 129 Å². The van der Waals surface area contributed by atoms with Crippen LogP contribution in [0.3, 0.4) is 0 Å². The van der Waals surface area contributed by atoms with Gasteiger partial charge in [-0.05, 0) is 24.5 Å². The number of anilines is 2. The Morgan fingerprint density at radius 1 is 1.30 bits per heavy atom. The zero-order chi connectivity index (χ0) is 19.4. The highest BCUT2D eigenvalue weighted by Crippen LogP contribution is 2.20. The number of aromatic nitrogens is 5. The monoisotopic (exact) mass is 369 g/mol. The number of nitrogens with one attached hydrogen (secondary N) is 3. The minimum absolute atomic E-state index is 0.0225. The summed E-state index contributed by atoms with van der Waals surface area (Å²) in [6.07, 6.45) is 0. The molecule has 2 aromatic heterocycles. The van der Waals surface area contributed by atoms with Gasteiger partial charge in [0, 0.05) is 12.1 Å². The number of ketones is 1. The number of hydrogen-bond acceptors (Lipinski definition) is 8. The summed E-state index contributed by atoms with van der Waals surface area (Å²) in [5, 5.41) is 26.5. The molecule has 3 rings (SSSR count). The predicted molar refractivity (Wildman–Crippen MR) is 103 cm³/mol. The van der Waals surface area contributed by atoms with E-state index in [1.165, 1.54) is 0 Å². The lowest BCUT2D eigenvalue weighted by molar-refractivity contribution is 0.101. The van der Waals surface area contributed by atoms with Gasteiger partial charge in [-0.2, -0.15) is 9.97 Å². The van der Waals surface area contributed by atoms with E-state index in [4.69, 9.17) is 0 Å². The molecule has 1 aromatic carbocycles. The standard InChI is InChI=1S/C18H23N7O2/c1-10(2)14(9-26)20-18-21-16(15-17(22-18)24-25-23-15)19-8-12-5-4-6-13(7-12)11(3)27/h4-7,10,14,26H,8-9H2,1-3H3,(H3,19,20,21,22,23,24,25)/t14-/m0/s1. The number of aliphatic hydroxyl groups is 1. The lowest BCUT2D eigenvalue weighted by atomic mass is 10.1. The molecular weight excluding hydrogens is 346 g/mol. The van der Waals surface area contributed by atoms with E-state index in [1.807, 2.05) is 32.0 Å². The molecule has 0 saturated carbocycles. The van der Waals surface area contributed by atoms with Crippen molar-refractivity contribution in [2.75, 3.05) is 17.2 Å². The summed E-state index contributed by atoms with van der Waals surface area (Å²) >= 11 is 0. The van der Waals surface area contributed by atoms with E-state index >= 15 is 0 Å². The minimum Gasteiger partial charge on any atom is -0.394 e. The fourth-order valence-electron chi connectivity index (χ4n) is 2.61. The van der Waals surface area contributed by atoms with Crippen molar-refractivity contribution in [1.29, 1.82) is 0 Å². The summed E-state index contributed by atoms with van der Waals surface area (Å²) in [6.45, 7) is 5.99. The number of aliphatic hydroxyl groups excluding tert-OH is 1. The number of nitrogens with zero attached hydrogens (tertiary/aromatic N) is 4. The second-order valence-electron chi connectivity index (χ2n) is 6.69. The third-order valence-corrected chi connectivity index (χ3v) is 4.31. The third kappa shape index (κ3) is 4.37. The Kier molecular flexibility index (Phi) is 5.60. The molecule has 0 spiro atoms. The van der Waals surface area contributed by atoms with Crippen LogP contribution in [0.1, 0.15) is 36.7 Å². The SMILES string of the molecule is CC(=O)c1cccc(CNc2nc(N[C@@H](CO)C(C)C)nc3nn[nH]c23)c1. The lowest BCUT2D eigenvalue weighted by Gasteiger charge is -2.20. The van der Waals surface area contributed by atoms with Crippen LogP contribution in [0.25, 0.3) is 11.2 Å². The van der Waals surface area contributed by atoms with Gasteiger partial charge in [-0.25, -0.2) is 0 Å². The van der Waals surface area contributed by atoms with Gasteiger partial charge in [-0.1, -0.05) is 37.3 Å². The molecule has 4 N–H and O–H groups in total. The van der Waals surface area contributed by atoms with Crippen LogP contribution in [-0.2, 0) is 6.54 Å². The van der Waals surface area contributed by atoms with Crippen molar-refractivity contribution in [2.45, 2.75) is 33.4 Å². The van der Waals surface area contributed by atoms with E-state index in [-0.39, 0.29) is 24.3 Å². The van der Waals surface area contributed by atoms with E-state index < -0.39 is 0 Å². The molecule has 0 unspecified atom stereocenters. The summed E-state index contributed by atoms with van der Waals surface area (Å²) in [5.41, 5.74) is 2.63. The molecule has 9 heteroatoms. The van der Waals surface area contributed by atoms with E-state index in [0.29, 0.717) is 35.0 Å². The molecule has 0 aliphatic carbocycles. The summed E-state index contributed by atoms with van der Waals surface area (Å²) in [5.74, 6) is 1.14. The second-order valence-corrected chi connectivity index (χ2v) is 6.69. The molecule has 27 heavy (non-hydrogen) atoms. The van der Waals surface area contributed by atoms with Gasteiger partial charge < -0.3 is 15.7 Å². The number of benzene rings is 1. The van der Waals surface area contributed by atoms with E-state index in [0.717, 1.165) is 5.56 Å². The number of hydrogen-bond donors (Lipinski definition) is 4. The molecule has 0 aliphatic heterocycles. The number of fused-ring (bicyclic) bond motifs is 1. The zero-order valence-corrected chi connectivity index (χ0v) is 15.5. The molecule has 2 heterocycles. The summed E-state index contributed by atoms with van der Waals surface area (Å²) in [7, 11) is 0. The first kappa shape index (κ1) is 18.7. The Bertz CT molecular complexity index is 938. The van der Waals surface area contributed by atoms with E-state index in [1.54, 1.807) is 13.0 Å². The van der Waals surface area contributed by atoms with Crippen molar-refractivity contribution < 1.29 is 9.90 Å². The second kappa shape index (κ2) is 8.09. The Morgan fingerprint density at radius 3 is 2.81 bits per heavy atom. The van der Waals surface area contributed by atoms with Crippen molar-refractivity contribution >= 4 is 28.7 Å². The molecule has 0 bridgehead atoms. The van der Waals surface area contributed by atoms with Crippen LogP contribution in [0.4, 0.5) is 11.8 Å². The normalized spacial score (nSPS) is 12.3. The van der Waals surface area contributed by atoms with Crippen LogP contribution in [-0.4, -0.2) is 48.9 Å². The van der Waals surface area contributed by atoms with Gasteiger partial charge in [-0.3, -0.25) is 9.89 Å². The smallest absolute Gasteiger partial charge is 0.227 e. The fourth-order valence-corrected chi connectivity index (χ4v) is 2.61. The average molecular weight is 369 g/mol. The highest BCUT2D eigenvalue weighted by molar-refractivity contribution is 5.94. The minimum atomic E-state index is -0.172. The fraction of sp³-hybridized carbons (Fsp3) is 0.389. The Hall–Kier alpha value is -3.07. The van der Waals surface area contributed by atoms with Gasteiger partial charge in [0.15, 0.2) is 11.6 Å². The third-order valence-electron chi connectivity index (χ3n) is 4.31. The molecule has 9 nitrogen and oxygen atoms in total. The van der Waals surface area contributed by atoms with Crippen LogP contribution < -0.4 is 10.6 Å². The van der Waals surface area contributed by atoms with Crippen molar-refractivity contribution in [3.05, 3.63) is 35.4 Å². The molecule has 0 radical (unpaired) electrons. The Labute approximate surface area is 156 Å². The van der Waals surface area contributed by atoms with E-state index in [2.05, 4.69) is 36.0 Å². The van der Waals surface area contributed by atoms with Crippen LogP contribution in [0.5, 0.6) is 0 Å². The average Bonchev–Trinajstić information content (AvgIpc) is 3.12. The summed E-state index contributed by atoms with van der Waals surface area (Å²) < 4.78 is 0. The molecule has 0 fully saturated rings. The maximum absolute atomic E-state index is 11.6. The van der Waals surface area contributed by atoms with Gasteiger partial charge >= 0.3 is 0 Å². The van der Waals surface area contributed by atoms with Crippen molar-refractivity contribution in [3.63, 3.8) is 0 Å². The van der Waals surface area contributed by atoms with Gasteiger partial charge in [0.2, 0.25) is 11.6 Å². The van der Waals surface area contributed by atoms with Gasteiger partial charge in [-0.15, -0.1) is 5.10 Å². The lowest BCUT2D eigenvalue weighted by Crippen LogP contribution is -2.30. The highest BCUT2D eigenvalue weighted by Gasteiger charge is 2.16. The number of aromatic amines is 1. The summed E-state index contributed by atoms with van der Waals surface area (Å²) in [6, 6.07) is 7.25. The zero-order valence-electron chi connectivity index (χ0n) is 15.5. The van der Waals surface area contributed by atoms with Crippen molar-refractivity contribution in [2.24, 2.45) is 5.92 Å². The first-order valence-corrected chi connectivity index (χ1v) is 8.78. The Morgan fingerprint density at radius 2 is 2.11 bits per heavy atom. The quantitative estimate of drug-likeness (QED) is 0.444. The number of H-pyrrole nitrogens is 1. The first-order chi connectivity index (χ1) is 13.0. The molecule has 1 atom stereocenters. The molecular formula is C18H23N7O2. The number of carbonyl (C=O) groups is 1. The number of Topliss-reactive ketones (excluding diaryl/α,β-unsaturated/α-hetero) is 1. The van der Waals surface area contributed by atoms with Gasteiger partial charge in [0.1, 0.15) is 5.52 Å². The largest absolute Gasteiger partial charge is 0.394 e. The Balaban J connectivity index is 1.84. The first-order valence-electron chi connectivity index (χ1n) is 8.78. The summed E-state index contributed by atoms with van der Waals surface area (Å²) in [4.78, 5) is 20.4. The number of rotatable bonds is 8. The van der Waals surface area contributed by atoms with Crippen LogP contribution in [0.2, 0.25) is 0 Å². The van der Waals surface area contributed by atoms with Crippen molar-refractivity contribution in [3.8, 4) is 0 Å².